The second-order valence-corrected chi connectivity index (χ2v) is 5.52. The molecule has 0 radical (unpaired) electrons. The van der Waals surface area contributed by atoms with Gasteiger partial charge in [-0.15, -0.1) is 0 Å². The number of amides is 2. The summed E-state index contributed by atoms with van der Waals surface area (Å²) < 4.78 is 0. The van der Waals surface area contributed by atoms with Crippen molar-refractivity contribution in [2.75, 3.05) is 39.5 Å². The number of benzene rings is 1. The number of nitrogens with one attached hydrogen (secondary N) is 2. The van der Waals surface area contributed by atoms with Gasteiger partial charge in [0.25, 0.3) is 11.8 Å². The van der Waals surface area contributed by atoms with Crippen LogP contribution in [-0.4, -0.2) is 50.9 Å². The minimum atomic E-state index is -0.0842. The Balaban J connectivity index is 2.53. The number of hydrogen-bond acceptors (Lipinski definition) is 2. The Bertz CT molecular complexity index is 478. The molecule has 1 aromatic carbocycles. The summed E-state index contributed by atoms with van der Waals surface area (Å²) in [6.07, 6.45) is 0. The molecular formula is C15H24N3O2+. The quantitative estimate of drug-likeness (QED) is 0.787. The lowest BCUT2D eigenvalue weighted by Gasteiger charge is -2.16. The fourth-order valence-corrected chi connectivity index (χ4v) is 2.00. The molecule has 1 rings (SSSR count). The maximum atomic E-state index is 11.9. The van der Waals surface area contributed by atoms with Gasteiger partial charge in [0.1, 0.15) is 0 Å². The van der Waals surface area contributed by atoms with E-state index in [2.05, 4.69) is 11.4 Å². The van der Waals surface area contributed by atoms with E-state index in [1.54, 1.807) is 14.1 Å². The van der Waals surface area contributed by atoms with E-state index in [4.69, 9.17) is 0 Å². The van der Waals surface area contributed by atoms with Crippen LogP contribution in [0.15, 0.2) is 18.2 Å². The second kappa shape index (κ2) is 7.05. The number of anilines is 1. The Labute approximate surface area is 120 Å². The van der Waals surface area contributed by atoms with Crippen LogP contribution in [-0.2, 0) is 9.59 Å². The molecule has 0 aromatic heterocycles. The third-order valence-corrected chi connectivity index (χ3v) is 2.92. The van der Waals surface area contributed by atoms with Gasteiger partial charge in [0.05, 0.1) is 7.05 Å². The average Bonchev–Trinajstić information content (AvgIpc) is 2.26. The molecule has 0 aliphatic carbocycles. The monoisotopic (exact) mass is 278 g/mol. The number of quaternary nitrogens is 1. The van der Waals surface area contributed by atoms with E-state index in [0.717, 1.165) is 21.7 Å². The molecule has 0 aliphatic rings. The third kappa shape index (κ3) is 5.40. The van der Waals surface area contributed by atoms with Crippen LogP contribution in [0.25, 0.3) is 0 Å². The lowest BCUT2D eigenvalue weighted by Crippen LogP contribution is -3.11. The number of likely N-dealkylation sites (N-methyl/N-ethyl adjacent to an activating group) is 2. The first-order valence-electron chi connectivity index (χ1n) is 6.67. The van der Waals surface area contributed by atoms with Gasteiger partial charge in [-0.05, 0) is 37.1 Å². The number of carbonyl (C=O) groups excluding carboxylic acids is 2. The maximum absolute atomic E-state index is 11.9. The Hall–Kier alpha value is -1.88. The summed E-state index contributed by atoms with van der Waals surface area (Å²) in [5, 5.41) is 2.87. The number of nitrogens with zero attached hydrogens (tertiary/aromatic N) is 1. The van der Waals surface area contributed by atoms with Crippen molar-refractivity contribution in [3.05, 3.63) is 29.3 Å². The van der Waals surface area contributed by atoms with Crippen molar-refractivity contribution in [1.82, 2.24) is 4.90 Å². The summed E-state index contributed by atoms with van der Waals surface area (Å²) in [6, 6.07) is 5.93. The van der Waals surface area contributed by atoms with E-state index in [9.17, 15) is 9.59 Å². The molecule has 0 fully saturated rings. The van der Waals surface area contributed by atoms with Crippen LogP contribution in [0.4, 0.5) is 5.69 Å². The predicted molar refractivity (Wildman–Crippen MR) is 79.9 cm³/mol. The Morgan fingerprint density at radius 2 is 1.65 bits per heavy atom. The molecular weight excluding hydrogens is 254 g/mol. The molecule has 0 aliphatic heterocycles. The van der Waals surface area contributed by atoms with Crippen molar-refractivity contribution in [3.63, 3.8) is 0 Å². The molecule has 5 heteroatoms. The fourth-order valence-electron chi connectivity index (χ4n) is 2.00. The van der Waals surface area contributed by atoms with Gasteiger partial charge >= 0.3 is 0 Å². The molecule has 1 atom stereocenters. The molecule has 1 aromatic rings. The van der Waals surface area contributed by atoms with Crippen LogP contribution in [0.2, 0.25) is 0 Å². The van der Waals surface area contributed by atoms with Gasteiger partial charge in [0.2, 0.25) is 0 Å². The molecule has 0 saturated heterocycles. The van der Waals surface area contributed by atoms with Gasteiger partial charge in [-0.2, -0.15) is 0 Å². The van der Waals surface area contributed by atoms with Crippen molar-refractivity contribution in [1.29, 1.82) is 0 Å². The zero-order valence-corrected chi connectivity index (χ0v) is 12.9. The molecule has 0 bridgehead atoms. The van der Waals surface area contributed by atoms with E-state index >= 15 is 0 Å². The summed E-state index contributed by atoms with van der Waals surface area (Å²) in [5.74, 6) is -0.0687. The van der Waals surface area contributed by atoms with Crippen molar-refractivity contribution in [2.45, 2.75) is 13.8 Å². The number of rotatable bonds is 5. The molecule has 1 unspecified atom stereocenters. The first-order chi connectivity index (χ1) is 9.27. The summed E-state index contributed by atoms with van der Waals surface area (Å²) in [7, 11) is 5.26. The lowest BCUT2D eigenvalue weighted by atomic mass is 10.1. The number of aryl methyl sites for hydroxylation is 2. The zero-order chi connectivity index (χ0) is 15.3. The highest BCUT2D eigenvalue weighted by molar-refractivity contribution is 5.91. The number of hydrogen-bond donors (Lipinski definition) is 2. The average molecular weight is 278 g/mol. The summed E-state index contributed by atoms with van der Waals surface area (Å²) in [5.41, 5.74) is 3.03. The van der Waals surface area contributed by atoms with Gasteiger partial charge in [0.15, 0.2) is 13.1 Å². The molecule has 20 heavy (non-hydrogen) atoms. The van der Waals surface area contributed by atoms with E-state index in [0.29, 0.717) is 6.54 Å². The van der Waals surface area contributed by atoms with Crippen molar-refractivity contribution >= 4 is 17.5 Å². The fraction of sp³-hybridized carbons (Fsp3) is 0.467. The smallest absolute Gasteiger partial charge is 0.279 e. The van der Waals surface area contributed by atoms with E-state index in [-0.39, 0.29) is 18.4 Å². The van der Waals surface area contributed by atoms with Crippen LogP contribution in [0, 0.1) is 13.8 Å². The van der Waals surface area contributed by atoms with Crippen LogP contribution in [0.3, 0.4) is 0 Å². The molecule has 0 saturated carbocycles. The Morgan fingerprint density at radius 1 is 1.10 bits per heavy atom. The predicted octanol–water partition coefficient (Wildman–Crippen LogP) is -0.155. The normalized spacial score (nSPS) is 11.8. The van der Waals surface area contributed by atoms with Crippen molar-refractivity contribution in [2.24, 2.45) is 0 Å². The lowest BCUT2D eigenvalue weighted by molar-refractivity contribution is -0.862. The summed E-state index contributed by atoms with van der Waals surface area (Å²) in [4.78, 5) is 25.9. The minimum absolute atomic E-state index is 0.0155. The van der Waals surface area contributed by atoms with Crippen LogP contribution < -0.4 is 10.2 Å². The van der Waals surface area contributed by atoms with E-state index in [1.165, 1.54) is 4.90 Å². The van der Waals surface area contributed by atoms with Gasteiger partial charge in [-0.25, -0.2) is 0 Å². The first-order valence-corrected chi connectivity index (χ1v) is 6.67. The SMILES string of the molecule is Cc1cc(C)cc(NC(=O)C[NH+](C)CC(=O)N(C)C)c1. The Kier molecular flexibility index (Phi) is 5.70. The highest BCUT2D eigenvalue weighted by Gasteiger charge is 2.15. The number of carbonyl (C=O) groups is 2. The molecule has 110 valence electrons. The molecule has 2 N–H and O–H groups in total. The van der Waals surface area contributed by atoms with Crippen LogP contribution >= 0.6 is 0 Å². The van der Waals surface area contributed by atoms with Crippen LogP contribution in [0.5, 0.6) is 0 Å². The van der Waals surface area contributed by atoms with Crippen LogP contribution in [0.1, 0.15) is 11.1 Å². The second-order valence-electron chi connectivity index (χ2n) is 5.52. The zero-order valence-electron chi connectivity index (χ0n) is 12.9. The third-order valence-electron chi connectivity index (χ3n) is 2.92. The summed E-state index contributed by atoms with van der Waals surface area (Å²) in [6.45, 7) is 4.57. The minimum Gasteiger partial charge on any atom is -0.344 e. The largest absolute Gasteiger partial charge is 0.344 e. The highest BCUT2D eigenvalue weighted by atomic mass is 16.2. The van der Waals surface area contributed by atoms with Crippen molar-refractivity contribution < 1.29 is 14.5 Å². The standard InChI is InChI=1S/C15H23N3O2/c1-11-6-12(2)8-13(7-11)16-14(19)9-18(5)10-15(20)17(3)4/h6-8H,9-10H2,1-5H3,(H,16,19)/p+1. The highest BCUT2D eigenvalue weighted by Crippen LogP contribution is 2.13. The van der Waals surface area contributed by atoms with Gasteiger partial charge in [-0.3, -0.25) is 9.59 Å². The van der Waals surface area contributed by atoms with Gasteiger partial charge in [-0.1, -0.05) is 6.07 Å². The van der Waals surface area contributed by atoms with Gasteiger partial charge in [0, 0.05) is 19.8 Å². The topological polar surface area (TPSA) is 53.9 Å². The molecule has 5 nitrogen and oxygen atoms in total. The molecule has 0 heterocycles. The summed E-state index contributed by atoms with van der Waals surface area (Å²) >= 11 is 0. The molecule has 0 spiro atoms. The van der Waals surface area contributed by atoms with E-state index < -0.39 is 0 Å². The Morgan fingerprint density at radius 3 is 2.15 bits per heavy atom. The van der Waals surface area contributed by atoms with Crippen molar-refractivity contribution in [3.8, 4) is 0 Å². The van der Waals surface area contributed by atoms with E-state index in [1.807, 2.05) is 33.0 Å². The van der Waals surface area contributed by atoms with Gasteiger partial charge < -0.3 is 15.1 Å². The maximum Gasteiger partial charge on any atom is 0.279 e. The molecule has 2 amide bonds. The first kappa shape index (κ1) is 16.2.